The van der Waals surface area contributed by atoms with E-state index >= 15 is 0 Å². The van der Waals surface area contributed by atoms with Crippen molar-refractivity contribution < 1.29 is 8.78 Å². The van der Waals surface area contributed by atoms with Gasteiger partial charge in [0.25, 0.3) is 0 Å². The second-order valence-electron chi connectivity index (χ2n) is 5.51. The molecular formula is C20H15ClF2. The molecule has 0 nitrogen and oxygen atoms in total. The molecule has 0 aliphatic heterocycles. The van der Waals surface area contributed by atoms with Crippen LogP contribution in [0.1, 0.15) is 16.7 Å². The van der Waals surface area contributed by atoms with E-state index in [2.05, 4.69) is 0 Å². The van der Waals surface area contributed by atoms with E-state index in [0.717, 1.165) is 16.7 Å². The van der Waals surface area contributed by atoms with E-state index in [1.54, 1.807) is 30.4 Å². The van der Waals surface area contributed by atoms with Crippen LogP contribution in [0.2, 0.25) is 5.02 Å². The summed E-state index contributed by atoms with van der Waals surface area (Å²) in [5.74, 6) is -0.344. The van der Waals surface area contributed by atoms with Crippen LogP contribution >= 0.6 is 11.6 Å². The van der Waals surface area contributed by atoms with Crippen LogP contribution in [0.15, 0.2) is 66.8 Å². The molecule has 3 heteroatoms. The second-order valence-corrected chi connectivity index (χ2v) is 5.95. The summed E-state index contributed by atoms with van der Waals surface area (Å²) < 4.78 is 28.4. The fourth-order valence-electron chi connectivity index (χ4n) is 2.55. The number of halogens is 3. The van der Waals surface area contributed by atoms with E-state index in [0.29, 0.717) is 16.2 Å². The predicted molar refractivity (Wildman–Crippen MR) is 92.6 cm³/mol. The zero-order valence-electron chi connectivity index (χ0n) is 12.6. The van der Waals surface area contributed by atoms with Crippen LogP contribution < -0.4 is 0 Å². The largest absolute Gasteiger partial charge is 0.238 e. The third-order valence-electron chi connectivity index (χ3n) is 3.73. The van der Waals surface area contributed by atoms with Crippen molar-refractivity contribution in [2.75, 3.05) is 0 Å². The van der Waals surface area contributed by atoms with Crippen LogP contribution in [0.4, 0.5) is 8.78 Å². The molecule has 0 heterocycles. The van der Waals surface area contributed by atoms with E-state index in [1.165, 1.54) is 18.2 Å². The molecule has 0 saturated carbocycles. The van der Waals surface area contributed by atoms with Gasteiger partial charge in [0.1, 0.15) is 12.0 Å². The van der Waals surface area contributed by atoms with Crippen molar-refractivity contribution in [3.8, 4) is 0 Å². The zero-order valence-corrected chi connectivity index (χ0v) is 13.3. The molecule has 0 N–H and O–H groups in total. The molecular weight excluding hydrogens is 314 g/mol. The lowest BCUT2D eigenvalue weighted by atomic mass is 10.0. The van der Waals surface area contributed by atoms with Gasteiger partial charge in [-0.25, -0.2) is 8.78 Å². The van der Waals surface area contributed by atoms with E-state index in [4.69, 9.17) is 11.6 Å². The molecule has 2 aromatic carbocycles. The number of rotatable bonds is 2. The Kier molecular flexibility index (Phi) is 4.44. The molecule has 0 saturated heterocycles. The van der Waals surface area contributed by atoms with Gasteiger partial charge in [0, 0.05) is 10.6 Å². The highest BCUT2D eigenvalue weighted by Crippen LogP contribution is 2.28. The van der Waals surface area contributed by atoms with Gasteiger partial charge >= 0.3 is 0 Å². The molecule has 0 bridgehead atoms. The van der Waals surface area contributed by atoms with E-state index in [-0.39, 0.29) is 5.82 Å². The Morgan fingerprint density at radius 3 is 2.26 bits per heavy atom. The topological polar surface area (TPSA) is 0 Å². The quantitative estimate of drug-likeness (QED) is 0.619. The summed E-state index contributed by atoms with van der Waals surface area (Å²) in [4.78, 5) is 0. The fourth-order valence-corrected chi connectivity index (χ4v) is 2.68. The van der Waals surface area contributed by atoms with Crippen molar-refractivity contribution in [2.24, 2.45) is 0 Å². The van der Waals surface area contributed by atoms with Gasteiger partial charge in [0.2, 0.25) is 0 Å². The first-order valence-corrected chi connectivity index (χ1v) is 7.69. The normalized spacial score (nSPS) is 17.5. The fraction of sp³-hybridized carbons (Fsp3) is 0.100. The molecule has 0 radical (unpaired) electrons. The van der Waals surface area contributed by atoms with Gasteiger partial charge in [-0.2, -0.15) is 0 Å². The van der Waals surface area contributed by atoms with Gasteiger partial charge in [-0.1, -0.05) is 48.0 Å². The highest BCUT2D eigenvalue weighted by atomic mass is 35.5. The van der Waals surface area contributed by atoms with Crippen LogP contribution in [-0.4, -0.2) is 6.17 Å². The van der Waals surface area contributed by atoms with Gasteiger partial charge in [-0.15, -0.1) is 0 Å². The van der Waals surface area contributed by atoms with Gasteiger partial charge in [0.05, 0.1) is 0 Å². The van der Waals surface area contributed by atoms with E-state index in [9.17, 15) is 8.78 Å². The first-order chi connectivity index (χ1) is 11.0. The summed E-state index contributed by atoms with van der Waals surface area (Å²) in [6.07, 6.45) is 5.19. The summed E-state index contributed by atoms with van der Waals surface area (Å²) >= 11 is 5.88. The van der Waals surface area contributed by atoms with E-state index < -0.39 is 6.17 Å². The Morgan fingerprint density at radius 1 is 0.913 bits per heavy atom. The molecule has 0 spiro atoms. The Balaban J connectivity index is 1.96. The minimum atomic E-state index is -1.29. The average molecular weight is 329 g/mol. The second kappa shape index (κ2) is 6.51. The minimum absolute atomic E-state index is 0.344. The van der Waals surface area contributed by atoms with Crippen LogP contribution in [0, 0.1) is 12.7 Å². The average Bonchev–Trinajstić information content (AvgIpc) is 2.70. The van der Waals surface area contributed by atoms with Crippen LogP contribution in [0.3, 0.4) is 0 Å². The molecule has 1 aliphatic carbocycles. The summed E-state index contributed by atoms with van der Waals surface area (Å²) in [5, 5.41) is 0.629. The Bertz CT molecular complexity index is 814. The standard InChI is InChI=1S/C20H15ClF2/c1-13-2-9-19(20(23)10-13)16-4-3-15(11-18(22)12-16)14-5-7-17(21)8-6-14/h2-12,18H,1H3. The summed E-state index contributed by atoms with van der Waals surface area (Å²) in [5.41, 5.74) is 3.39. The molecule has 116 valence electrons. The van der Waals surface area contributed by atoms with Crippen molar-refractivity contribution in [3.05, 3.63) is 94.3 Å². The monoisotopic (exact) mass is 328 g/mol. The summed E-state index contributed by atoms with van der Waals surface area (Å²) in [6.45, 7) is 1.82. The first-order valence-electron chi connectivity index (χ1n) is 7.31. The maximum Gasteiger partial charge on any atom is 0.138 e. The van der Waals surface area contributed by atoms with Gasteiger partial charge in [-0.05, 0) is 59.5 Å². The molecule has 1 aliphatic rings. The SMILES string of the molecule is Cc1ccc(C2=CC(F)C=C(c3ccc(Cl)cc3)C=C2)c(F)c1. The van der Waals surface area contributed by atoms with Gasteiger partial charge < -0.3 is 0 Å². The summed E-state index contributed by atoms with van der Waals surface area (Å²) in [6, 6.07) is 12.1. The van der Waals surface area contributed by atoms with Crippen molar-refractivity contribution >= 4 is 22.7 Å². The van der Waals surface area contributed by atoms with E-state index in [1.807, 2.05) is 25.1 Å². The Labute approximate surface area is 139 Å². The molecule has 23 heavy (non-hydrogen) atoms. The van der Waals surface area contributed by atoms with Crippen molar-refractivity contribution in [1.29, 1.82) is 0 Å². The number of hydrogen-bond acceptors (Lipinski definition) is 0. The molecule has 0 amide bonds. The Morgan fingerprint density at radius 2 is 1.57 bits per heavy atom. The molecule has 3 rings (SSSR count). The van der Waals surface area contributed by atoms with Crippen LogP contribution in [0.5, 0.6) is 0 Å². The van der Waals surface area contributed by atoms with Crippen molar-refractivity contribution in [3.63, 3.8) is 0 Å². The number of hydrogen-bond donors (Lipinski definition) is 0. The lowest BCUT2D eigenvalue weighted by Gasteiger charge is -2.05. The number of alkyl halides is 1. The van der Waals surface area contributed by atoms with Crippen molar-refractivity contribution in [1.82, 2.24) is 0 Å². The van der Waals surface area contributed by atoms with Crippen LogP contribution in [-0.2, 0) is 0 Å². The third-order valence-corrected chi connectivity index (χ3v) is 3.99. The number of allylic oxidation sites excluding steroid dienone is 6. The maximum atomic E-state index is 14.3. The summed E-state index contributed by atoms with van der Waals surface area (Å²) in [7, 11) is 0. The molecule has 0 fully saturated rings. The maximum absolute atomic E-state index is 14.3. The highest BCUT2D eigenvalue weighted by molar-refractivity contribution is 6.30. The molecule has 1 atom stereocenters. The minimum Gasteiger partial charge on any atom is -0.238 e. The van der Waals surface area contributed by atoms with Gasteiger partial charge in [-0.3, -0.25) is 0 Å². The molecule has 0 aromatic heterocycles. The molecule has 2 aromatic rings. The highest BCUT2D eigenvalue weighted by Gasteiger charge is 2.12. The van der Waals surface area contributed by atoms with Crippen LogP contribution in [0.25, 0.3) is 11.1 Å². The third kappa shape index (κ3) is 3.59. The smallest absolute Gasteiger partial charge is 0.138 e. The molecule has 1 unspecified atom stereocenters. The van der Waals surface area contributed by atoms with Crippen molar-refractivity contribution in [2.45, 2.75) is 13.1 Å². The lowest BCUT2D eigenvalue weighted by molar-refractivity contribution is 0.471. The van der Waals surface area contributed by atoms with Gasteiger partial charge in [0.15, 0.2) is 0 Å². The predicted octanol–water partition coefficient (Wildman–Crippen LogP) is 6.16. The number of aryl methyl sites for hydroxylation is 1. The number of benzene rings is 2. The first kappa shape index (κ1) is 15.7. The zero-order chi connectivity index (χ0) is 16.4. The lowest BCUT2D eigenvalue weighted by Crippen LogP contribution is -1.94. The Hall–Kier alpha value is -2.19.